The third-order valence-corrected chi connectivity index (χ3v) is 5.65. The number of carbonyl (C=O) groups is 2. The van der Waals surface area contributed by atoms with Crippen LogP contribution in [0.4, 0.5) is 26.4 Å². The van der Waals surface area contributed by atoms with Crippen LogP contribution >= 0.6 is 15.9 Å². The average molecular weight is 607 g/mol. The molecule has 14 heteroatoms. The summed E-state index contributed by atoms with van der Waals surface area (Å²) in [5.74, 6) is -1.31. The number of nitrogens with one attached hydrogen (secondary N) is 3. The van der Waals surface area contributed by atoms with Gasteiger partial charge in [0.2, 0.25) is 5.91 Å². The highest BCUT2D eigenvalue weighted by Crippen LogP contribution is 2.35. The van der Waals surface area contributed by atoms with Crippen molar-refractivity contribution in [3.63, 3.8) is 0 Å². The fourth-order valence-electron chi connectivity index (χ4n) is 3.30. The van der Waals surface area contributed by atoms with Crippen molar-refractivity contribution in [1.29, 1.82) is 0 Å². The van der Waals surface area contributed by atoms with Crippen LogP contribution in [-0.4, -0.2) is 52.2 Å². The first-order valence-electron chi connectivity index (χ1n) is 11.9. The minimum Gasteiger partial charge on any atom is -0.485 e. The lowest BCUT2D eigenvalue weighted by Gasteiger charge is -2.20. The molecule has 1 heterocycles. The number of carbonyl (C=O) groups excluding carboxylic acids is 2. The maximum absolute atomic E-state index is 14.3. The molecule has 0 bridgehead atoms. The molecule has 0 spiro atoms. The quantitative estimate of drug-likeness (QED) is 0.167. The lowest BCUT2D eigenvalue weighted by Crippen LogP contribution is -2.40. The third kappa shape index (κ3) is 8.46. The number of hydrogen-bond acceptors (Lipinski definition) is 9. The first-order valence-corrected chi connectivity index (χ1v) is 12.7. The second-order valence-electron chi connectivity index (χ2n) is 9.49. The van der Waals surface area contributed by atoms with E-state index in [1.54, 1.807) is 33.8 Å². The summed E-state index contributed by atoms with van der Waals surface area (Å²) in [4.78, 5) is 43.5. The molecule has 3 aromatic rings. The van der Waals surface area contributed by atoms with E-state index in [1.807, 2.05) is 0 Å². The number of halogens is 2. The zero-order valence-electron chi connectivity index (χ0n) is 21.7. The molecule has 1 atom stereocenters. The maximum atomic E-state index is 14.3. The first-order chi connectivity index (χ1) is 18.3. The van der Waals surface area contributed by atoms with E-state index in [0.29, 0.717) is 15.4 Å². The molecule has 0 aliphatic heterocycles. The number of ether oxygens (including phenoxy) is 2. The van der Waals surface area contributed by atoms with Crippen molar-refractivity contribution < 1.29 is 28.4 Å². The molecule has 208 valence electrons. The van der Waals surface area contributed by atoms with E-state index in [1.165, 1.54) is 30.6 Å². The van der Waals surface area contributed by atoms with E-state index >= 15 is 0 Å². The molecule has 0 fully saturated rings. The Bertz CT molecular complexity index is 1380. The number of hydrogen-bond donors (Lipinski definition) is 3. The Labute approximate surface area is 232 Å². The summed E-state index contributed by atoms with van der Waals surface area (Å²) >= 11 is 3.19. The highest BCUT2D eigenvalue weighted by molar-refractivity contribution is 9.10. The molecule has 2 amide bonds. The zero-order chi connectivity index (χ0) is 28.7. The number of nitrogens with zero attached hydrogens (tertiary/aromatic N) is 3. The van der Waals surface area contributed by atoms with E-state index < -0.39 is 28.4 Å². The Morgan fingerprint density at radius 1 is 1.18 bits per heavy atom. The number of nitro groups is 1. The van der Waals surface area contributed by atoms with Crippen molar-refractivity contribution >= 4 is 56.0 Å². The van der Waals surface area contributed by atoms with Crippen LogP contribution in [0.3, 0.4) is 0 Å². The number of benzene rings is 2. The number of fused-ring (bicyclic) bond motifs is 1. The molecule has 0 radical (unpaired) electrons. The minimum absolute atomic E-state index is 0.0548. The number of amides is 2. The van der Waals surface area contributed by atoms with Gasteiger partial charge in [-0.2, -0.15) is 0 Å². The molecule has 0 saturated heterocycles. The van der Waals surface area contributed by atoms with Crippen LogP contribution in [0.1, 0.15) is 27.7 Å². The van der Waals surface area contributed by atoms with Gasteiger partial charge in [-0.05, 0) is 39.0 Å². The van der Waals surface area contributed by atoms with Gasteiger partial charge in [0.05, 0.1) is 34.0 Å². The number of nitro benzene ring substituents is 1. The Balaban J connectivity index is 1.63. The first kappa shape index (κ1) is 29.5. The van der Waals surface area contributed by atoms with Crippen molar-refractivity contribution in [2.24, 2.45) is 5.92 Å². The fourth-order valence-corrected chi connectivity index (χ4v) is 3.63. The predicted molar refractivity (Wildman–Crippen MR) is 145 cm³/mol. The largest absolute Gasteiger partial charge is 0.485 e. The summed E-state index contributed by atoms with van der Waals surface area (Å²) in [6.45, 7) is 6.89. The average Bonchev–Trinajstić information content (AvgIpc) is 2.85. The lowest BCUT2D eigenvalue weighted by atomic mass is 10.1. The second-order valence-corrected chi connectivity index (χ2v) is 10.4. The van der Waals surface area contributed by atoms with Gasteiger partial charge < -0.3 is 25.4 Å². The molecule has 39 heavy (non-hydrogen) atoms. The van der Waals surface area contributed by atoms with Gasteiger partial charge in [0.25, 0.3) is 0 Å². The van der Waals surface area contributed by atoms with Gasteiger partial charge in [-0.1, -0.05) is 22.9 Å². The summed E-state index contributed by atoms with van der Waals surface area (Å²) in [5, 5.41) is 20.1. The van der Waals surface area contributed by atoms with Gasteiger partial charge in [0.15, 0.2) is 5.75 Å². The molecule has 1 aromatic heterocycles. The molecule has 0 saturated carbocycles. The van der Waals surface area contributed by atoms with Gasteiger partial charge in [0, 0.05) is 23.2 Å². The molecular weight excluding hydrogens is 579 g/mol. The van der Waals surface area contributed by atoms with E-state index in [4.69, 9.17) is 9.47 Å². The lowest BCUT2D eigenvalue weighted by molar-refractivity contribution is -0.385. The van der Waals surface area contributed by atoms with Crippen molar-refractivity contribution in [1.82, 2.24) is 20.6 Å². The van der Waals surface area contributed by atoms with Crippen molar-refractivity contribution in [3.05, 3.63) is 57.1 Å². The summed E-state index contributed by atoms with van der Waals surface area (Å²) in [7, 11) is 0. The van der Waals surface area contributed by atoms with Gasteiger partial charge in [-0.25, -0.2) is 19.2 Å². The highest BCUT2D eigenvalue weighted by Gasteiger charge is 2.21. The zero-order valence-corrected chi connectivity index (χ0v) is 23.3. The van der Waals surface area contributed by atoms with Gasteiger partial charge in [-0.3, -0.25) is 14.9 Å². The Morgan fingerprint density at radius 2 is 1.92 bits per heavy atom. The van der Waals surface area contributed by atoms with Crippen LogP contribution in [0.5, 0.6) is 5.75 Å². The van der Waals surface area contributed by atoms with Gasteiger partial charge >= 0.3 is 11.8 Å². The van der Waals surface area contributed by atoms with E-state index in [2.05, 4.69) is 41.8 Å². The Morgan fingerprint density at radius 3 is 2.59 bits per heavy atom. The van der Waals surface area contributed by atoms with Gasteiger partial charge in [-0.15, -0.1) is 0 Å². The number of rotatable bonds is 10. The molecule has 2 aromatic carbocycles. The summed E-state index contributed by atoms with van der Waals surface area (Å²) in [5.41, 5.74) is -0.540. The minimum atomic E-state index is -0.653. The molecule has 1 unspecified atom stereocenters. The van der Waals surface area contributed by atoms with E-state index in [0.717, 1.165) is 0 Å². The smallest absolute Gasteiger partial charge is 0.407 e. The fraction of sp³-hybridized carbons (Fsp3) is 0.360. The summed E-state index contributed by atoms with van der Waals surface area (Å²) in [6.07, 6.45) is 0.613. The monoisotopic (exact) mass is 606 g/mol. The van der Waals surface area contributed by atoms with Crippen molar-refractivity contribution in [3.8, 4) is 5.75 Å². The predicted octanol–water partition coefficient (Wildman–Crippen LogP) is 4.84. The topological polar surface area (TPSA) is 158 Å². The standard InChI is InChI=1S/C25H28BrFN6O6/c1-14(12-29-24(35)39-25(2,3)4)23(34)28-7-8-38-21-11-19-16(10-20(21)33(36)37)22(31-13-30-19)32-18-6-5-15(26)9-17(18)27/h5-6,9-11,13-14H,7-8,12H2,1-4H3,(H,28,34)(H,29,35)(H,30,31,32). The van der Waals surface area contributed by atoms with Crippen LogP contribution in [0.15, 0.2) is 41.1 Å². The molecular formula is C25H28BrFN6O6. The third-order valence-electron chi connectivity index (χ3n) is 5.15. The Hall–Kier alpha value is -4.07. The SMILES string of the molecule is CC(CNC(=O)OC(C)(C)C)C(=O)NCCOc1cc2ncnc(Nc3ccc(Br)cc3F)c2cc1[N+](=O)[O-]. The molecule has 3 N–H and O–H groups in total. The van der Waals surface area contributed by atoms with Crippen LogP contribution < -0.4 is 20.7 Å². The summed E-state index contributed by atoms with van der Waals surface area (Å²) in [6, 6.07) is 7.04. The van der Waals surface area contributed by atoms with Crippen LogP contribution in [0.2, 0.25) is 0 Å². The second kappa shape index (κ2) is 12.7. The molecule has 3 rings (SSSR count). The normalized spacial score (nSPS) is 11.9. The van der Waals surface area contributed by atoms with Crippen LogP contribution in [-0.2, 0) is 9.53 Å². The molecule has 12 nitrogen and oxygen atoms in total. The van der Waals surface area contributed by atoms with Crippen molar-refractivity contribution in [2.75, 3.05) is 25.0 Å². The van der Waals surface area contributed by atoms with Gasteiger partial charge in [0.1, 0.15) is 30.2 Å². The van der Waals surface area contributed by atoms with E-state index in [9.17, 15) is 24.1 Å². The highest BCUT2D eigenvalue weighted by atomic mass is 79.9. The molecule has 0 aliphatic carbocycles. The number of alkyl carbamates (subject to hydrolysis) is 1. The number of aromatic nitrogens is 2. The molecule has 0 aliphatic rings. The van der Waals surface area contributed by atoms with Crippen LogP contribution in [0.25, 0.3) is 10.9 Å². The van der Waals surface area contributed by atoms with E-state index in [-0.39, 0.29) is 48.5 Å². The Kier molecular flexibility index (Phi) is 9.56. The van der Waals surface area contributed by atoms with Crippen molar-refractivity contribution in [2.45, 2.75) is 33.3 Å². The summed E-state index contributed by atoms with van der Waals surface area (Å²) < 4.78 is 25.6. The number of anilines is 2. The maximum Gasteiger partial charge on any atom is 0.407 e. The van der Waals surface area contributed by atoms with Crippen LogP contribution in [0, 0.1) is 21.8 Å².